The number of para-hydroxylation sites is 1. The van der Waals surface area contributed by atoms with Crippen LogP contribution in [-0.4, -0.2) is 38.6 Å². The second kappa shape index (κ2) is 9.23. The number of carbonyl (C=O) groups excluding carboxylic acids is 1. The van der Waals surface area contributed by atoms with Gasteiger partial charge in [-0.2, -0.15) is 0 Å². The van der Waals surface area contributed by atoms with Crippen molar-refractivity contribution >= 4 is 5.91 Å². The second-order valence-electron chi connectivity index (χ2n) is 5.00. The van der Waals surface area contributed by atoms with E-state index in [1.54, 1.807) is 19.1 Å². The minimum atomic E-state index is 0.136. The molecule has 0 aliphatic carbocycles. The van der Waals surface area contributed by atoms with E-state index in [1.165, 1.54) is 0 Å². The first-order valence-electron chi connectivity index (χ1n) is 7.28. The molecule has 21 heavy (non-hydrogen) atoms. The zero-order valence-electron chi connectivity index (χ0n) is 13.2. The molecular formula is C16H26N2O3. The summed E-state index contributed by atoms with van der Waals surface area (Å²) in [6.07, 6.45) is 3.41. The first-order valence-corrected chi connectivity index (χ1v) is 7.28. The van der Waals surface area contributed by atoms with Crippen LogP contribution in [0, 0.1) is 0 Å². The summed E-state index contributed by atoms with van der Waals surface area (Å²) in [5.74, 6) is 1.50. The summed E-state index contributed by atoms with van der Waals surface area (Å²) in [4.78, 5) is 13.8. The lowest BCUT2D eigenvalue weighted by atomic mass is 10.1. The highest BCUT2D eigenvalue weighted by Crippen LogP contribution is 2.31. The van der Waals surface area contributed by atoms with Crippen molar-refractivity contribution < 1.29 is 14.3 Å². The average Bonchev–Trinajstić information content (AvgIpc) is 2.50. The SMILES string of the molecule is COc1cccc(CN(C)C(=O)CCCCCN)c1OC. The molecule has 0 atom stereocenters. The van der Waals surface area contributed by atoms with E-state index in [2.05, 4.69) is 0 Å². The number of hydrogen-bond acceptors (Lipinski definition) is 4. The monoisotopic (exact) mass is 294 g/mol. The molecular weight excluding hydrogens is 268 g/mol. The predicted octanol–water partition coefficient (Wildman–Crippen LogP) is 2.18. The van der Waals surface area contributed by atoms with Crippen molar-refractivity contribution in [2.75, 3.05) is 27.8 Å². The molecule has 5 nitrogen and oxygen atoms in total. The van der Waals surface area contributed by atoms with Crippen LogP contribution in [0.25, 0.3) is 0 Å². The van der Waals surface area contributed by atoms with Crippen molar-refractivity contribution in [3.8, 4) is 11.5 Å². The summed E-state index contributed by atoms with van der Waals surface area (Å²) in [5, 5.41) is 0. The number of carbonyl (C=O) groups is 1. The Bertz CT molecular complexity index is 449. The molecule has 0 bridgehead atoms. The quantitative estimate of drug-likeness (QED) is 0.709. The van der Waals surface area contributed by atoms with Gasteiger partial charge in [0.15, 0.2) is 11.5 Å². The summed E-state index contributed by atoms with van der Waals surface area (Å²) < 4.78 is 10.7. The largest absolute Gasteiger partial charge is 0.493 e. The predicted molar refractivity (Wildman–Crippen MR) is 83.5 cm³/mol. The van der Waals surface area contributed by atoms with Crippen LogP contribution in [0.4, 0.5) is 0 Å². The van der Waals surface area contributed by atoms with Crippen molar-refractivity contribution in [2.24, 2.45) is 5.73 Å². The maximum atomic E-state index is 12.1. The number of amides is 1. The van der Waals surface area contributed by atoms with Gasteiger partial charge in [0, 0.05) is 25.6 Å². The summed E-state index contributed by atoms with van der Waals surface area (Å²) >= 11 is 0. The van der Waals surface area contributed by atoms with E-state index in [9.17, 15) is 4.79 Å². The number of ether oxygens (including phenoxy) is 2. The molecule has 0 saturated carbocycles. The number of nitrogens with two attached hydrogens (primary N) is 1. The Kier molecular flexibility index (Phi) is 7.61. The number of benzene rings is 1. The summed E-state index contributed by atoms with van der Waals surface area (Å²) in [6.45, 7) is 1.20. The van der Waals surface area contributed by atoms with Gasteiger partial charge < -0.3 is 20.1 Å². The van der Waals surface area contributed by atoms with Gasteiger partial charge in [0.25, 0.3) is 0 Å². The van der Waals surface area contributed by atoms with Gasteiger partial charge in [-0.05, 0) is 25.5 Å². The maximum Gasteiger partial charge on any atom is 0.222 e. The van der Waals surface area contributed by atoms with Gasteiger partial charge in [0.2, 0.25) is 5.91 Å². The molecule has 118 valence electrons. The van der Waals surface area contributed by atoms with Crippen LogP contribution in [0.15, 0.2) is 18.2 Å². The molecule has 0 spiro atoms. The molecule has 2 N–H and O–H groups in total. The third-order valence-corrected chi connectivity index (χ3v) is 3.41. The zero-order valence-corrected chi connectivity index (χ0v) is 13.2. The van der Waals surface area contributed by atoms with Crippen molar-refractivity contribution in [1.82, 2.24) is 4.90 Å². The van der Waals surface area contributed by atoms with Crippen molar-refractivity contribution in [1.29, 1.82) is 0 Å². The molecule has 0 aromatic heterocycles. The van der Waals surface area contributed by atoms with E-state index < -0.39 is 0 Å². The molecule has 0 fully saturated rings. The highest BCUT2D eigenvalue weighted by molar-refractivity contribution is 5.76. The summed E-state index contributed by atoms with van der Waals surface area (Å²) in [7, 11) is 5.02. The van der Waals surface area contributed by atoms with Crippen LogP contribution in [-0.2, 0) is 11.3 Å². The fraction of sp³-hybridized carbons (Fsp3) is 0.562. The molecule has 0 aliphatic rings. The van der Waals surface area contributed by atoms with E-state index in [4.69, 9.17) is 15.2 Å². The lowest BCUT2D eigenvalue weighted by molar-refractivity contribution is -0.130. The van der Waals surface area contributed by atoms with E-state index >= 15 is 0 Å². The normalized spacial score (nSPS) is 10.3. The van der Waals surface area contributed by atoms with Gasteiger partial charge in [-0.3, -0.25) is 4.79 Å². The van der Waals surface area contributed by atoms with Crippen molar-refractivity contribution in [3.63, 3.8) is 0 Å². The molecule has 1 rings (SSSR count). The average molecular weight is 294 g/mol. The third kappa shape index (κ3) is 5.27. The Morgan fingerprint density at radius 2 is 1.95 bits per heavy atom. The minimum Gasteiger partial charge on any atom is -0.493 e. The first-order chi connectivity index (χ1) is 10.1. The molecule has 1 aromatic carbocycles. The topological polar surface area (TPSA) is 64.8 Å². The molecule has 1 amide bonds. The number of hydrogen-bond donors (Lipinski definition) is 1. The first kappa shape index (κ1) is 17.3. The van der Waals surface area contributed by atoms with Crippen LogP contribution in [0.3, 0.4) is 0 Å². The number of rotatable bonds is 9. The minimum absolute atomic E-state index is 0.136. The molecule has 0 saturated heterocycles. The fourth-order valence-corrected chi connectivity index (χ4v) is 2.21. The Labute approximate surface area is 127 Å². The van der Waals surface area contributed by atoms with Gasteiger partial charge in [-0.15, -0.1) is 0 Å². The van der Waals surface area contributed by atoms with E-state index in [0.29, 0.717) is 31.0 Å². The standard InChI is InChI=1S/C16H26N2O3/c1-18(15(19)10-5-4-6-11-17)12-13-8-7-9-14(20-2)16(13)21-3/h7-9H,4-6,10-12,17H2,1-3H3. The van der Waals surface area contributed by atoms with E-state index in [1.807, 2.05) is 25.2 Å². The summed E-state index contributed by atoms with van der Waals surface area (Å²) in [5.41, 5.74) is 6.39. The third-order valence-electron chi connectivity index (χ3n) is 3.41. The highest BCUT2D eigenvalue weighted by Gasteiger charge is 2.14. The lowest BCUT2D eigenvalue weighted by Gasteiger charge is -2.20. The maximum absolute atomic E-state index is 12.1. The van der Waals surface area contributed by atoms with E-state index in [0.717, 1.165) is 24.8 Å². The molecule has 0 unspecified atom stereocenters. The Morgan fingerprint density at radius 1 is 1.19 bits per heavy atom. The molecule has 0 heterocycles. The zero-order chi connectivity index (χ0) is 15.7. The highest BCUT2D eigenvalue weighted by atomic mass is 16.5. The molecule has 5 heteroatoms. The van der Waals surface area contributed by atoms with Crippen LogP contribution < -0.4 is 15.2 Å². The molecule has 0 radical (unpaired) electrons. The van der Waals surface area contributed by atoms with Gasteiger partial charge in [0.05, 0.1) is 14.2 Å². The van der Waals surface area contributed by atoms with Crippen LogP contribution >= 0.6 is 0 Å². The summed E-state index contributed by atoms with van der Waals surface area (Å²) in [6, 6.07) is 5.69. The van der Waals surface area contributed by atoms with Crippen LogP contribution in [0.1, 0.15) is 31.2 Å². The Morgan fingerprint density at radius 3 is 2.57 bits per heavy atom. The van der Waals surface area contributed by atoms with Crippen molar-refractivity contribution in [2.45, 2.75) is 32.2 Å². The van der Waals surface area contributed by atoms with Crippen LogP contribution in [0.5, 0.6) is 11.5 Å². The second-order valence-corrected chi connectivity index (χ2v) is 5.00. The smallest absolute Gasteiger partial charge is 0.222 e. The molecule has 0 aliphatic heterocycles. The van der Waals surface area contributed by atoms with Gasteiger partial charge >= 0.3 is 0 Å². The molecule has 1 aromatic rings. The number of unbranched alkanes of at least 4 members (excludes halogenated alkanes) is 2. The van der Waals surface area contributed by atoms with E-state index in [-0.39, 0.29) is 5.91 Å². The van der Waals surface area contributed by atoms with Crippen LogP contribution in [0.2, 0.25) is 0 Å². The number of methoxy groups -OCH3 is 2. The van der Waals surface area contributed by atoms with Gasteiger partial charge in [-0.1, -0.05) is 18.6 Å². The van der Waals surface area contributed by atoms with Gasteiger partial charge in [0.1, 0.15) is 0 Å². The Balaban J connectivity index is 2.61. The van der Waals surface area contributed by atoms with Gasteiger partial charge in [-0.25, -0.2) is 0 Å². The lowest BCUT2D eigenvalue weighted by Crippen LogP contribution is -2.26. The Hall–Kier alpha value is -1.75. The fourth-order valence-electron chi connectivity index (χ4n) is 2.21. The number of nitrogens with zero attached hydrogens (tertiary/aromatic N) is 1. The van der Waals surface area contributed by atoms with Crippen molar-refractivity contribution in [3.05, 3.63) is 23.8 Å².